The molecule has 2 aliphatic rings. The molecule has 1 aromatic carbocycles. The first kappa shape index (κ1) is 18.6. The number of nitriles is 3. The van der Waals surface area contributed by atoms with Gasteiger partial charge in [-0.25, -0.2) is 4.39 Å². The summed E-state index contributed by atoms with van der Waals surface area (Å²) < 4.78 is 20.0. The van der Waals surface area contributed by atoms with Crippen LogP contribution in [0, 0.1) is 62.5 Å². The van der Waals surface area contributed by atoms with Crippen molar-refractivity contribution in [3.8, 4) is 24.0 Å². The van der Waals surface area contributed by atoms with Crippen LogP contribution in [0.3, 0.4) is 0 Å². The summed E-state index contributed by atoms with van der Waals surface area (Å²) >= 11 is 0. The van der Waals surface area contributed by atoms with Crippen molar-refractivity contribution in [3.63, 3.8) is 0 Å². The monoisotopic (exact) mass is 364 g/mol. The predicted molar refractivity (Wildman–Crippen MR) is 94.4 cm³/mol. The number of likely N-dealkylation sites (N-methyl/N-ethyl adjacent to an activating group) is 1. The molecule has 0 radical (unpaired) electrons. The number of halogens is 1. The highest BCUT2D eigenvalue weighted by molar-refractivity contribution is 6.00. The highest BCUT2D eigenvalue weighted by Gasteiger charge is 2.59. The van der Waals surface area contributed by atoms with Crippen LogP contribution in [0.5, 0.6) is 5.75 Å². The van der Waals surface area contributed by atoms with Crippen molar-refractivity contribution in [3.05, 3.63) is 41.2 Å². The van der Waals surface area contributed by atoms with Crippen molar-refractivity contribution >= 4 is 5.71 Å². The van der Waals surface area contributed by atoms with Crippen LogP contribution >= 0.6 is 0 Å². The standard InChI is InChI=1S/C20H18FN5O/c1-26-6-5-13-15(8-22)19(25)20(10-23,11-24)18(16(13)9-26)14-7-12(27-2)3-4-17(14)21/h3-5,7,15-16,18,25H,6,9H2,1-2H3/p+1/t15?,16-,18-/m1/s1. The summed E-state index contributed by atoms with van der Waals surface area (Å²) in [6, 6.07) is 10.2. The molecule has 2 unspecified atom stereocenters. The van der Waals surface area contributed by atoms with Gasteiger partial charge in [-0.2, -0.15) is 15.8 Å². The van der Waals surface area contributed by atoms with Gasteiger partial charge in [-0.3, -0.25) is 0 Å². The minimum Gasteiger partial charge on any atom is -0.497 e. The van der Waals surface area contributed by atoms with Gasteiger partial charge in [0.25, 0.3) is 0 Å². The number of nitrogens with one attached hydrogen (secondary N) is 2. The van der Waals surface area contributed by atoms with Crippen LogP contribution in [-0.4, -0.2) is 33.0 Å². The molecule has 0 bridgehead atoms. The van der Waals surface area contributed by atoms with Crippen LogP contribution in [0.15, 0.2) is 29.8 Å². The number of benzene rings is 1. The fraction of sp³-hybridized carbons (Fsp3) is 0.400. The van der Waals surface area contributed by atoms with Gasteiger partial charge in [0.1, 0.15) is 17.5 Å². The molecule has 1 saturated carbocycles. The SMILES string of the molecule is COc1ccc(F)c([C@@H]2[C@@H]3C[NH+](C)CC=C3C(C#N)C(=N)C2(C#N)C#N)c1. The molecule has 27 heavy (non-hydrogen) atoms. The molecule has 4 atom stereocenters. The fourth-order valence-corrected chi connectivity index (χ4v) is 4.29. The fourth-order valence-electron chi connectivity index (χ4n) is 4.29. The van der Waals surface area contributed by atoms with Crippen LogP contribution in [0.2, 0.25) is 0 Å². The molecule has 1 fully saturated rings. The van der Waals surface area contributed by atoms with E-state index in [0.29, 0.717) is 24.4 Å². The van der Waals surface area contributed by atoms with Gasteiger partial charge in [-0.15, -0.1) is 0 Å². The van der Waals surface area contributed by atoms with Crippen LogP contribution in [0.4, 0.5) is 4.39 Å². The van der Waals surface area contributed by atoms with Gasteiger partial charge in [-0.1, -0.05) is 0 Å². The second kappa shape index (κ2) is 6.83. The van der Waals surface area contributed by atoms with E-state index in [1.807, 2.05) is 25.3 Å². The third kappa shape index (κ3) is 2.67. The van der Waals surface area contributed by atoms with E-state index in [2.05, 4.69) is 6.07 Å². The predicted octanol–water partition coefficient (Wildman–Crippen LogP) is 1.20. The summed E-state index contributed by atoms with van der Waals surface area (Å²) in [7, 11) is 3.42. The molecule has 0 spiro atoms. The molecule has 0 saturated heterocycles. The van der Waals surface area contributed by atoms with E-state index in [0.717, 1.165) is 4.90 Å². The van der Waals surface area contributed by atoms with Crippen LogP contribution in [-0.2, 0) is 0 Å². The molecule has 6 nitrogen and oxygen atoms in total. The number of rotatable bonds is 2. The Hall–Kier alpha value is -3.21. The third-order valence-corrected chi connectivity index (χ3v) is 5.62. The maximum absolute atomic E-state index is 14.8. The van der Waals surface area contributed by atoms with Crippen molar-refractivity contribution < 1.29 is 14.0 Å². The summed E-state index contributed by atoms with van der Waals surface area (Å²) in [5, 5.41) is 38.0. The molecule has 1 heterocycles. The average Bonchev–Trinajstić information content (AvgIpc) is 2.68. The quantitative estimate of drug-likeness (QED) is 0.768. The van der Waals surface area contributed by atoms with Crippen LogP contribution < -0.4 is 9.64 Å². The first-order valence-corrected chi connectivity index (χ1v) is 8.59. The molecule has 1 aromatic rings. The van der Waals surface area contributed by atoms with Gasteiger partial charge in [-0.05, 0) is 35.4 Å². The number of methoxy groups -OCH3 is 1. The van der Waals surface area contributed by atoms with Crippen molar-refractivity contribution in [2.75, 3.05) is 27.2 Å². The minimum absolute atomic E-state index is 0.171. The van der Waals surface area contributed by atoms with E-state index in [4.69, 9.17) is 10.1 Å². The molecular formula is C20H19FN5O+. The minimum atomic E-state index is -1.91. The van der Waals surface area contributed by atoms with Crippen molar-refractivity contribution in [1.29, 1.82) is 21.2 Å². The maximum atomic E-state index is 14.8. The lowest BCUT2D eigenvalue weighted by molar-refractivity contribution is -0.878. The zero-order valence-electron chi connectivity index (χ0n) is 15.1. The summed E-state index contributed by atoms with van der Waals surface area (Å²) in [6.45, 7) is 1.22. The lowest BCUT2D eigenvalue weighted by Crippen LogP contribution is -3.10. The highest BCUT2D eigenvalue weighted by Crippen LogP contribution is 2.53. The van der Waals surface area contributed by atoms with Gasteiger partial charge in [0.2, 0.25) is 0 Å². The molecule has 2 N–H and O–H groups in total. The Morgan fingerprint density at radius 2 is 2.00 bits per heavy atom. The smallest absolute Gasteiger partial charge is 0.190 e. The molecular weight excluding hydrogens is 345 g/mol. The van der Waals surface area contributed by atoms with E-state index in [1.54, 1.807) is 0 Å². The molecule has 0 amide bonds. The zero-order valence-corrected chi connectivity index (χ0v) is 15.1. The van der Waals surface area contributed by atoms with Crippen molar-refractivity contribution in [2.24, 2.45) is 17.3 Å². The van der Waals surface area contributed by atoms with Crippen molar-refractivity contribution in [1.82, 2.24) is 0 Å². The summed E-state index contributed by atoms with van der Waals surface area (Å²) in [4.78, 5) is 1.13. The summed E-state index contributed by atoms with van der Waals surface area (Å²) in [5.41, 5.74) is -1.30. The Labute approximate surface area is 157 Å². The number of fused-ring (bicyclic) bond motifs is 1. The number of quaternary nitrogens is 1. The van der Waals surface area contributed by atoms with Gasteiger partial charge < -0.3 is 15.0 Å². The van der Waals surface area contributed by atoms with Crippen molar-refractivity contribution in [2.45, 2.75) is 5.92 Å². The average molecular weight is 364 g/mol. The van der Waals surface area contributed by atoms with E-state index in [1.165, 1.54) is 25.3 Å². The third-order valence-electron chi connectivity index (χ3n) is 5.62. The normalized spacial score (nSPS) is 28.7. The van der Waals surface area contributed by atoms with Crippen LogP contribution in [0.1, 0.15) is 11.5 Å². The highest BCUT2D eigenvalue weighted by atomic mass is 19.1. The summed E-state index contributed by atoms with van der Waals surface area (Å²) in [5.74, 6) is -2.36. The number of ether oxygens (including phenoxy) is 1. The van der Waals surface area contributed by atoms with E-state index >= 15 is 0 Å². The van der Waals surface area contributed by atoms with Crippen LogP contribution in [0.25, 0.3) is 0 Å². The Morgan fingerprint density at radius 1 is 1.30 bits per heavy atom. The number of nitrogens with zero attached hydrogens (tertiary/aromatic N) is 3. The van der Waals surface area contributed by atoms with E-state index < -0.39 is 29.0 Å². The Bertz CT molecular complexity index is 935. The molecule has 0 aromatic heterocycles. The molecule has 136 valence electrons. The largest absolute Gasteiger partial charge is 0.497 e. The second-order valence-electron chi connectivity index (χ2n) is 7.05. The van der Waals surface area contributed by atoms with Gasteiger partial charge in [0, 0.05) is 11.8 Å². The Balaban J connectivity index is 2.31. The second-order valence-corrected chi connectivity index (χ2v) is 7.05. The molecule has 1 aliphatic heterocycles. The first-order chi connectivity index (χ1) is 12.9. The molecule has 1 aliphatic carbocycles. The Morgan fingerprint density at radius 3 is 2.59 bits per heavy atom. The Kier molecular flexibility index (Phi) is 4.70. The maximum Gasteiger partial charge on any atom is 0.190 e. The lowest BCUT2D eigenvalue weighted by Gasteiger charge is -2.46. The lowest BCUT2D eigenvalue weighted by atomic mass is 9.54. The number of hydrogen-bond acceptors (Lipinski definition) is 5. The van der Waals surface area contributed by atoms with Gasteiger partial charge in [0.05, 0.1) is 51.2 Å². The molecule has 7 heteroatoms. The zero-order chi connectivity index (χ0) is 19.8. The molecule has 3 rings (SSSR count). The first-order valence-electron chi connectivity index (χ1n) is 8.59. The van der Waals surface area contributed by atoms with Gasteiger partial charge >= 0.3 is 0 Å². The van der Waals surface area contributed by atoms with Gasteiger partial charge in [0.15, 0.2) is 5.41 Å². The summed E-state index contributed by atoms with van der Waals surface area (Å²) in [6.07, 6.45) is 1.90. The van der Waals surface area contributed by atoms with E-state index in [9.17, 15) is 20.2 Å². The topological polar surface area (TPSA) is 109 Å². The number of hydrogen-bond donors (Lipinski definition) is 2. The van der Waals surface area contributed by atoms with E-state index in [-0.39, 0.29) is 11.3 Å².